The number of carbonyl (C=O) groups excluding carboxylic acids is 2. The van der Waals surface area contributed by atoms with Crippen LogP contribution in [0.4, 0.5) is 14.9 Å². The van der Waals surface area contributed by atoms with Crippen molar-refractivity contribution in [1.29, 1.82) is 0 Å². The molecule has 0 spiro atoms. The lowest BCUT2D eigenvalue weighted by atomic mass is 10.1. The lowest BCUT2D eigenvalue weighted by Crippen LogP contribution is -2.32. The van der Waals surface area contributed by atoms with Gasteiger partial charge in [-0.05, 0) is 30.2 Å². The van der Waals surface area contributed by atoms with Crippen molar-refractivity contribution in [3.63, 3.8) is 0 Å². The number of amides is 3. The first-order chi connectivity index (χ1) is 13.3. The molecule has 0 bridgehead atoms. The van der Waals surface area contributed by atoms with E-state index in [9.17, 15) is 19.1 Å². The molecule has 0 heterocycles. The van der Waals surface area contributed by atoms with E-state index in [1.807, 2.05) is 13.8 Å². The molecule has 0 aliphatic carbocycles. The minimum absolute atomic E-state index is 0.0996. The molecule has 6 nitrogen and oxygen atoms in total. The highest BCUT2D eigenvalue weighted by Gasteiger charge is 2.15. The van der Waals surface area contributed by atoms with Gasteiger partial charge in [0.25, 0.3) is 5.91 Å². The van der Waals surface area contributed by atoms with E-state index in [4.69, 9.17) is 11.6 Å². The van der Waals surface area contributed by atoms with Crippen LogP contribution in [0.1, 0.15) is 35.9 Å². The fourth-order valence-corrected chi connectivity index (χ4v) is 2.66. The number of carbonyl (C=O) groups is 2. The van der Waals surface area contributed by atoms with Crippen LogP contribution >= 0.6 is 11.6 Å². The van der Waals surface area contributed by atoms with Crippen molar-refractivity contribution in [1.82, 2.24) is 10.6 Å². The number of anilines is 1. The third-order valence-electron chi connectivity index (χ3n) is 3.86. The first kappa shape index (κ1) is 21.7. The van der Waals surface area contributed by atoms with Gasteiger partial charge in [-0.25, -0.2) is 9.18 Å². The van der Waals surface area contributed by atoms with E-state index in [-0.39, 0.29) is 23.0 Å². The van der Waals surface area contributed by atoms with Gasteiger partial charge in [-0.2, -0.15) is 0 Å². The fourth-order valence-electron chi connectivity index (χ4n) is 2.39. The minimum atomic E-state index is -1.18. The van der Waals surface area contributed by atoms with Crippen LogP contribution in [-0.4, -0.2) is 30.1 Å². The van der Waals surface area contributed by atoms with Crippen LogP contribution in [0.3, 0.4) is 0 Å². The van der Waals surface area contributed by atoms with Gasteiger partial charge in [-0.15, -0.1) is 0 Å². The van der Waals surface area contributed by atoms with Gasteiger partial charge in [0.15, 0.2) is 0 Å². The summed E-state index contributed by atoms with van der Waals surface area (Å²) in [5.74, 6) is -0.523. The van der Waals surface area contributed by atoms with E-state index >= 15 is 0 Å². The SMILES string of the molecule is CC(C)CNC(=O)c1ccc(NC(=O)NCC(O)c2ccccc2F)cc1Cl. The van der Waals surface area contributed by atoms with Gasteiger partial charge in [0.05, 0.1) is 16.7 Å². The molecule has 0 radical (unpaired) electrons. The molecule has 4 N–H and O–H groups in total. The fraction of sp³-hybridized carbons (Fsp3) is 0.300. The molecule has 1 unspecified atom stereocenters. The molecular formula is C20H23ClFN3O3. The summed E-state index contributed by atoms with van der Waals surface area (Å²) in [5, 5.41) is 18.0. The molecule has 1 atom stereocenters. The molecule has 0 aliphatic rings. The van der Waals surface area contributed by atoms with Crippen molar-refractivity contribution in [2.45, 2.75) is 20.0 Å². The smallest absolute Gasteiger partial charge is 0.319 e. The Kier molecular flexibility index (Phi) is 7.78. The van der Waals surface area contributed by atoms with E-state index < -0.39 is 18.0 Å². The van der Waals surface area contributed by atoms with Crippen LogP contribution in [-0.2, 0) is 0 Å². The monoisotopic (exact) mass is 407 g/mol. The van der Waals surface area contributed by atoms with Crippen molar-refractivity contribution < 1.29 is 19.1 Å². The van der Waals surface area contributed by atoms with Crippen molar-refractivity contribution in [3.8, 4) is 0 Å². The number of hydrogen-bond donors (Lipinski definition) is 4. The molecule has 0 fully saturated rings. The molecular weight excluding hydrogens is 385 g/mol. The number of aliphatic hydroxyl groups is 1. The Morgan fingerprint density at radius 3 is 2.46 bits per heavy atom. The van der Waals surface area contributed by atoms with E-state index in [1.54, 1.807) is 12.1 Å². The number of urea groups is 1. The maximum atomic E-state index is 13.6. The molecule has 0 aromatic heterocycles. The summed E-state index contributed by atoms with van der Waals surface area (Å²) in [7, 11) is 0. The van der Waals surface area contributed by atoms with Crippen molar-refractivity contribution in [2.75, 3.05) is 18.4 Å². The number of hydrogen-bond acceptors (Lipinski definition) is 3. The van der Waals surface area contributed by atoms with Crippen LogP contribution < -0.4 is 16.0 Å². The lowest BCUT2D eigenvalue weighted by Gasteiger charge is -2.14. The van der Waals surface area contributed by atoms with Crippen molar-refractivity contribution in [2.24, 2.45) is 5.92 Å². The average Bonchev–Trinajstić information content (AvgIpc) is 2.64. The summed E-state index contributed by atoms with van der Waals surface area (Å²) < 4.78 is 13.6. The zero-order chi connectivity index (χ0) is 20.7. The van der Waals surface area contributed by atoms with Gasteiger partial charge < -0.3 is 21.1 Å². The van der Waals surface area contributed by atoms with Crippen LogP contribution in [0.5, 0.6) is 0 Å². The Bertz CT molecular complexity index is 845. The van der Waals surface area contributed by atoms with Gasteiger partial charge >= 0.3 is 6.03 Å². The average molecular weight is 408 g/mol. The van der Waals surface area contributed by atoms with Gasteiger partial charge in [-0.1, -0.05) is 43.6 Å². The Labute approximate surface area is 168 Å². The van der Waals surface area contributed by atoms with Crippen LogP contribution in [0, 0.1) is 11.7 Å². The molecule has 2 aromatic carbocycles. The topological polar surface area (TPSA) is 90.5 Å². The highest BCUT2D eigenvalue weighted by Crippen LogP contribution is 2.21. The molecule has 0 aliphatic heterocycles. The van der Waals surface area contributed by atoms with Crippen LogP contribution in [0.25, 0.3) is 0 Å². The molecule has 2 aromatic rings. The predicted molar refractivity (Wildman–Crippen MR) is 107 cm³/mol. The summed E-state index contributed by atoms with van der Waals surface area (Å²) in [5.41, 5.74) is 0.786. The second-order valence-corrected chi connectivity index (χ2v) is 7.08. The number of nitrogens with one attached hydrogen (secondary N) is 3. The molecule has 2 rings (SSSR count). The third-order valence-corrected chi connectivity index (χ3v) is 4.18. The number of benzene rings is 2. The van der Waals surface area contributed by atoms with Crippen LogP contribution in [0.2, 0.25) is 5.02 Å². The maximum absolute atomic E-state index is 13.6. The first-order valence-electron chi connectivity index (χ1n) is 8.83. The number of aliphatic hydroxyl groups excluding tert-OH is 1. The summed E-state index contributed by atoms with van der Waals surface area (Å²) >= 11 is 6.13. The van der Waals surface area contributed by atoms with E-state index in [0.717, 1.165) is 0 Å². The molecule has 0 saturated carbocycles. The summed E-state index contributed by atoms with van der Waals surface area (Å²) in [4.78, 5) is 24.1. The van der Waals surface area contributed by atoms with E-state index in [0.29, 0.717) is 23.7 Å². The van der Waals surface area contributed by atoms with Gasteiger partial charge in [0.1, 0.15) is 5.82 Å². The molecule has 8 heteroatoms. The summed E-state index contributed by atoms with van der Waals surface area (Å²) in [6.07, 6.45) is -1.18. The lowest BCUT2D eigenvalue weighted by molar-refractivity contribution is 0.0949. The maximum Gasteiger partial charge on any atom is 0.319 e. The summed E-state index contributed by atoms with van der Waals surface area (Å²) in [6.45, 7) is 4.32. The Hall–Kier alpha value is -2.64. The predicted octanol–water partition coefficient (Wildman–Crippen LogP) is 3.72. The van der Waals surface area contributed by atoms with Crippen molar-refractivity contribution >= 4 is 29.2 Å². The second kappa shape index (κ2) is 10.1. The summed E-state index contributed by atoms with van der Waals surface area (Å²) in [6, 6.07) is 9.72. The van der Waals surface area contributed by atoms with E-state index in [1.165, 1.54) is 30.3 Å². The normalized spacial score (nSPS) is 11.8. The van der Waals surface area contributed by atoms with E-state index in [2.05, 4.69) is 16.0 Å². The largest absolute Gasteiger partial charge is 0.386 e. The zero-order valence-electron chi connectivity index (χ0n) is 15.6. The molecule has 28 heavy (non-hydrogen) atoms. The Balaban J connectivity index is 1.91. The second-order valence-electron chi connectivity index (χ2n) is 6.67. The standard InChI is InChI=1S/C20H23ClFN3O3/c1-12(2)10-23-19(27)14-8-7-13(9-16(14)21)25-20(28)24-11-18(26)15-5-3-4-6-17(15)22/h3-9,12,18,26H,10-11H2,1-2H3,(H,23,27)(H2,24,25,28). The van der Waals surface area contributed by atoms with Gasteiger partial charge in [0.2, 0.25) is 0 Å². The Morgan fingerprint density at radius 1 is 1.11 bits per heavy atom. The molecule has 150 valence electrons. The number of halogens is 2. The zero-order valence-corrected chi connectivity index (χ0v) is 16.4. The minimum Gasteiger partial charge on any atom is -0.386 e. The van der Waals surface area contributed by atoms with Gasteiger partial charge in [-0.3, -0.25) is 4.79 Å². The molecule has 3 amide bonds. The van der Waals surface area contributed by atoms with Crippen molar-refractivity contribution in [3.05, 3.63) is 64.4 Å². The Morgan fingerprint density at radius 2 is 1.82 bits per heavy atom. The first-order valence-corrected chi connectivity index (χ1v) is 9.20. The number of rotatable bonds is 7. The quantitative estimate of drug-likeness (QED) is 0.563. The highest BCUT2D eigenvalue weighted by molar-refractivity contribution is 6.34. The van der Waals surface area contributed by atoms with Crippen LogP contribution in [0.15, 0.2) is 42.5 Å². The highest BCUT2D eigenvalue weighted by atomic mass is 35.5. The molecule has 0 saturated heterocycles. The third kappa shape index (κ3) is 6.21. The van der Waals surface area contributed by atoms with Gasteiger partial charge in [0, 0.05) is 24.3 Å².